The molecule has 2 fully saturated rings. The molecule has 1 atom stereocenters. The SMILES string of the molecule is CCCC1CC=C(CCC2CCC(C3CCC(CC)CC3)CC2)OC1. The van der Waals surface area contributed by atoms with Gasteiger partial charge in [-0.05, 0) is 80.6 Å². The Bertz CT molecular complexity index is 396. The first-order chi connectivity index (χ1) is 12.3. The van der Waals surface area contributed by atoms with Gasteiger partial charge in [0.25, 0.3) is 0 Å². The fraction of sp³-hybridized carbons (Fsp3) is 0.917. The molecule has 2 aliphatic carbocycles. The smallest absolute Gasteiger partial charge is 0.0920 e. The average Bonchev–Trinajstić information content (AvgIpc) is 2.68. The van der Waals surface area contributed by atoms with Crippen LogP contribution in [0.4, 0.5) is 0 Å². The second kappa shape index (κ2) is 10.0. The van der Waals surface area contributed by atoms with Crippen LogP contribution in [0.5, 0.6) is 0 Å². The molecule has 1 unspecified atom stereocenters. The van der Waals surface area contributed by atoms with Gasteiger partial charge in [-0.15, -0.1) is 0 Å². The van der Waals surface area contributed by atoms with E-state index in [9.17, 15) is 0 Å². The van der Waals surface area contributed by atoms with Crippen LogP contribution in [0.15, 0.2) is 11.8 Å². The van der Waals surface area contributed by atoms with E-state index in [4.69, 9.17) is 4.74 Å². The first-order valence-electron chi connectivity index (χ1n) is 11.6. The molecular formula is C24H42O. The van der Waals surface area contributed by atoms with Gasteiger partial charge in [0, 0.05) is 6.42 Å². The molecule has 0 amide bonds. The van der Waals surface area contributed by atoms with Gasteiger partial charge < -0.3 is 4.74 Å². The molecule has 0 spiro atoms. The van der Waals surface area contributed by atoms with E-state index in [1.807, 2.05) is 0 Å². The molecule has 0 aromatic heterocycles. The number of allylic oxidation sites excluding steroid dienone is 2. The van der Waals surface area contributed by atoms with Gasteiger partial charge in [-0.25, -0.2) is 0 Å². The van der Waals surface area contributed by atoms with Crippen LogP contribution in [-0.2, 0) is 4.74 Å². The Morgan fingerprint density at radius 3 is 1.96 bits per heavy atom. The van der Waals surface area contributed by atoms with E-state index in [0.717, 1.165) is 36.2 Å². The van der Waals surface area contributed by atoms with Gasteiger partial charge in [0.05, 0.1) is 12.4 Å². The van der Waals surface area contributed by atoms with Crippen molar-refractivity contribution in [3.63, 3.8) is 0 Å². The maximum atomic E-state index is 6.03. The molecule has 0 bridgehead atoms. The molecule has 0 N–H and O–H groups in total. The second-order valence-corrected chi connectivity index (χ2v) is 9.38. The minimum atomic E-state index is 0.784. The highest BCUT2D eigenvalue weighted by atomic mass is 16.5. The van der Waals surface area contributed by atoms with Crippen molar-refractivity contribution in [1.82, 2.24) is 0 Å². The standard InChI is InChI=1S/C24H42O/c1-3-5-21-11-17-24(25-18-21)16-10-20-8-14-23(15-9-20)22-12-6-19(4-2)7-13-22/h17,19-23H,3-16,18H2,1-2H3. The van der Waals surface area contributed by atoms with Gasteiger partial charge in [-0.3, -0.25) is 0 Å². The molecule has 3 rings (SSSR count). The Hall–Kier alpha value is -0.460. The third-order valence-corrected chi connectivity index (χ3v) is 7.71. The summed E-state index contributed by atoms with van der Waals surface area (Å²) in [6, 6.07) is 0. The van der Waals surface area contributed by atoms with Crippen LogP contribution < -0.4 is 0 Å². The van der Waals surface area contributed by atoms with Crippen LogP contribution in [-0.4, -0.2) is 6.61 Å². The molecule has 3 aliphatic rings. The van der Waals surface area contributed by atoms with Crippen molar-refractivity contribution in [3.05, 3.63) is 11.8 Å². The van der Waals surface area contributed by atoms with Gasteiger partial charge in [-0.1, -0.05) is 52.4 Å². The molecule has 0 aromatic rings. The lowest BCUT2D eigenvalue weighted by Crippen LogP contribution is -2.25. The van der Waals surface area contributed by atoms with Gasteiger partial charge in [-0.2, -0.15) is 0 Å². The minimum absolute atomic E-state index is 0.784. The molecule has 144 valence electrons. The Kier molecular flexibility index (Phi) is 7.74. The van der Waals surface area contributed by atoms with Crippen LogP contribution in [0, 0.1) is 29.6 Å². The highest BCUT2D eigenvalue weighted by Crippen LogP contribution is 2.43. The lowest BCUT2D eigenvalue weighted by Gasteiger charge is -2.38. The Balaban J connectivity index is 1.32. The van der Waals surface area contributed by atoms with Crippen molar-refractivity contribution in [2.24, 2.45) is 29.6 Å². The highest BCUT2D eigenvalue weighted by molar-refractivity contribution is 4.98. The highest BCUT2D eigenvalue weighted by Gasteiger charge is 2.30. The monoisotopic (exact) mass is 346 g/mol. The Morgan fingerprint density at radius 2 is 1.44 bits per heavy atom. The van der Waals surface area contributed by atoms with E-state index in [0.29, 0.717) is 0 Å². The van der Waals surface area contributed by atoms with Crippen molar-refractivity contribution in [2.75, 3.05) is 6.61 Å². The lowest BCUT2D eigenvalue weighted by atomic mass is 9.68. The third-order valence-electron chi connectivity index (χ3n) is 7.71. The maximum Gasteiger partial charge on any atom is 0.0920 e. The van der Waals surface area contributed by atoms with E-state index in [-0.39, 0.29) is 0 Å². The summed E-state index contributed by atoms with van der Waals surface area (Å²) in [5, 5.41) is 0. The van der Waals surface area contributed by atoms with Gasteiger partial charge >= 0.3 is 0 Å². The van der Waals surface area contributed by atoms with Crippen LogP contribution >= 0.6 is 0 Å². The molecular weight excluding hydrogens is 304 g/mol. The topological polar surface area (TPSA) is 9.23 Å². The number of rotatable bonds is 7. The van der Waals surface area contributed by atoms with Crippen molar-refractivity contribution in [2.45, 2.75) is 104 Å². The normalized spacial score (nSPS) is 36.6. The summed E-state index contributed by atoms with van der Waals surface area (Å²) < 4.78 is 6.03. The van der Waals surface area contributed by atoms with Crippen molar-refractivity contribution in [1.29, 1.82) is 0 Å². The Labute approximate surface area is 157 Å². The molecule has 1 nitrogen and oxygen atoms in total. The summed E-state index contributed by atoms with van der Waals surface area (Å²) in [5.74, 6) is 6.26. The molecule has 1 aliphatic heterocycles. The zero-order valence-electron chi connectivity index (χ0n) is 17.0. The summed E-state index contributed by atoms with van der Waals surface area (Å²) in [4.78, 5) is 0. The number of hydrogen-bond acceptors (Lipinski definition) is 1. The minimum Gasteiger partial charge on any atom is -0.498 e. The largest absolute Gasteiger partial charge is 0.498 e. The predicted molar refractivity (Wildman–Crippen MR) is 107 cm³/mol. The average molecular weight is 347 g/mol. The van der Waals surface area contributed by atoms with Crippen LogP contribution in [0.1, 0.15) is 104 Å². The van der Waals surface area contributed by atoms with Crippen LogP contribution in [0.25, 0.3) is 0 Å². The fourth-order valence-corrected chi connectivity index (χ4v) is 5.80. The number of ether oxygens (including phenoxy) is 1. The fourth-order valence-electron chi connectivity index (χ4n) is 5.80. The maximum absolute atomic E-state index is 6.03. The molecule has 0 saturated heterocycles. The quantitative estimate of drug-likeness (QED) is 0.463. The Morgan fingerprint density at radius 1 is 0.800 bits per heavy atom. The van der Waals surface area contributed by atoms with Crippen molar-refractivity contribution < 1.29 is 4.74 Å². The van der Waals surface area contributed by atoms with Crippen molar-refractivity contribution >= 4 is 0 Å². The number of hydrogen-bond donors (Lipinski definition) is 0. The summed E-state index contributed by atoms with van der Waals surface area (Å²) in [5.41, 5.74) is 0. The zero-order valence-corrected chi connectivity index (χ0v) is 17.0. The van der Waals surface area contributed by atoms with Gasteiger partial charge in [0.1, 0.15) is 0 Å². The summed E-state index contributed by atoms with van der Waals surface area (Å²) in [7, 11) is 0. The molecule has 1 heteroatoms. The second-order valence-electron chi connectivity index (χ2n) is 9.38. The first kappa shape index (κ1) is 19.3. The lowest BCUT2D eigenvalue weighted by molar-refractivity contribution is 0.121. The van der Waals surface area contributed by atoms with Crippen molar-refractivity contribution in [3.8, 4) is 0 Å². The van der Waals surface area contributed by atoms with E-state index in [1.165, 1.54) is 95.7 Å². The summed E-state index contributed by atoms with van der Waals surface area (Å²) in [6.45, 7) is 5.64. The van der Waals surface area contributed by atoms with Gasteiger partial charge in [0.2, 0.25) is 0 Å². The molecule has 2 saturated carbocycles. The molecule has 0 aromatic carbocycles. The van der Waals surface area contributed by atoms with E-state index in [1.54, 1.807) is 0 Å². The molecule has 0 radical (unpaired) electrons. The van der Waals surface area contributed by atoms with Crippen LogP contribution in [0.2, 0.25) is 0 Å². The van der Waals surface area contributed by atoms with Crippen LogP contribution in [0.3, 0.4) is 0 Å². The summed E-state index contributed by atoms with van der Waals surface area (Å²) >= 11 is 0. The molecule has 1 heterocycles. The predicted octanol–water partition coefficient (Wildman–Crippen LogP) is 7.51. The van der Waals surface area contributed by atoms with E-state index >= 15 is 0 Å². The van der Waals surface area contributed by atoms with Gasteiger partial charge in [0.15, 0.2) is 0 Å². The first-order valence-corrected chi connectivity index (χ1v) is 11.6. The van der Waals surface area contributed by atoms with E-state index in [2.05, 4.69) is 19.9 Å². The van der Waals surface area contributed by atoms with E-state index < -0.39 is 0 Å². The zero-order chi connectivity index (χ0) is 17.5. The third kappa shape index (κ3) is 5.76. The molecule has 25 heavy (non-hydrogen) atoms. The summed E-state index contributed by atoms with van der Waals surface area (Å²) in [6.07, 6.45) is 22.4.